The molecule has 0 saturated carbocycles. The highest BCUT2D eigenvalue weighted by Crippen LogP contribution is 2.37. The first-order chi connectivity index (χ1) is 21.0. The molecule has 224 valence electrons. The fourth-order valence-corrected chi connectivity index (χ4v) is 5.86. The molecule has 0 radical (unpaired) electrons. The molecule has 2 N–H and O–H groups in total. The van der Waals surface area contributed by atoms with E-state index in [4.69, 9.17) is 0 Å². The molecule has 0 unspecified atom stereocenters. The number of aliphatic carboxylic acids is 2. The first-order valence-corrected chi connectivity index (χ1v) is 15.3. The van der Waals surface area contributed by atoms with Crippen LogP contribution in [0.4, 0.5) is 0 Å². The Morgan fingerprint density at radius 1 is 0.614 bits per heavy atom. The van der Waals surface area contributed by atoms with E-state index in [-0.39, 0.29) is 0 Å². The fourth-order valence-electron chi connectivity index (χ4n) is 5.60. The summed E-state index contributed by atoms with van der Waals surface area (Å²) in [5, 5.41) is 19.9. The van der Waals surface area contributed by atoms with Gasteiger partial charge in [0.2, 0.25) is 0 Å². The Morgan fingerprint density at radius 2 is 1.02 bits per heavy atom. The van der Waals surface area contributed by atoms with E-state index in [2.05, 4.69) is 15.9 Å². The van der Waals surface area contributed by atoms with Gasteiger partial charge in [0.1, 0.15) is 11.3 Å². The predicted octanol–water partition coefficient (Wildman–Crippen LogP) is 9.20. The van der Waals surface area contributed by atoms with Gasteiger partial charge in [0, 0.05) is 4.47 Å². The SMILES string of the molecule is Cc1cccc(C(C(=O)O)c2cccc(C)c2)c1.Cc1cccc(C(Cc2ccc(Br)cc2)(C(=O)O)c2cccc(C)c2)c1. The van der Waals surface area contributed by atoms with Crippen molar-refractivity contribution in [3.05, 3.63) is 176 Å². The third kappa shape index (κ3) is 7.72. The molecule has 5 aromatic carbocycles. The van der Waals surface area contributed by atoms with Crippen molar-refractivity contribution in [1.29, 1.82) is 0 Å². The fraction of sp³-hybridized carbons (Fsp3) is 0.179. The number of hydrogen-bond acceptors (Lipinski definition) is 2. The maximum Gasteiger partial charge on any atom is 0.318 e. The number of carbonyl (C=O) groups is 2. The molecule has 0 aliphatic heterocycles. The van der Waals surface area contributed by atoms with Crippen LogP contribution in [0.5, 0.6) is 0 Å². The Hall–Kier alpha value is -4.48. The van der Waals surface area contributed by atoms with Crippen LogP contribution in [-0.2, 0) is 21.4 Å². The second-order valence-corrected chi connectivity index (χ2v) is 12.3. The Bertz CT molecular complexity index is 1670. The molecule has 5 aromatic rings. The highest BCUT2D eigenvalue weighted by molar-refractivity contribution is 9.10. The minimum atomic E-state index is -1.13. The molecule has 5 heteroatoms. The van der Waals surface area contributed by atoms with Gasteiger partial charge in [0.25, 0.3) is 0 Å². The third-order valence-corrected chi connectivity index (χ3v) is 8.30. The van der Waals surface area contributed by atoms with Crippen molar-refractivity contribution in [2.45, 2.75) is 45.4 Å². The van der Waals surface area contributed by atoms with E-state index >= 15 is 0 Å². The molecule has 0 heterocycles. The highest BCUT2D eigenvalue weighted by atomic mass is 79.9. The predicted molar refractivity (Wildman–Crippen MR) is 180 cm³/mol. The van der Waals surface area contributed by atoms with Gasteiger partial charge in [-0.3, -0.25) is 9.59 Å². The molecule has 0 spiro atoms. The van der Waals surface area contributed by atoms with Crippen LogP contribution in [0.15, 0.2) is 126 Å². The van der Waals surface area contributed by atoms with E-state index in [1.165, 1.54) is 0 Å². The first-order valence-electron chi connectivity index (χ1n) is 14.5. The van der Waals surface area contributed by atoms with E-state index in [9.17, 15) is 19.8 Å². The monoisotopic (exact) mass is 648 g/mol. The number of halogens is 1. The van der Waals surface area contributed by atoms with Crippen LogP contribution < -0.4 is 0 Å². The quantitative estimate of drug-likeness (QED) is 0.176. The van der Waals surface area contributed by atoms with Crippen molar-refractivity contribution in [1.82, 2.24) is 0 Å². The minimum Gasteiger partial charge on any atom is -0.481 e. The van der Waals surface area contributed by atoms with Crippen molar-refractivity contribution in [2.75, 3.05) is 0 Å². The van der Waals surface area contributed by atoms with E-state index in [1.807, 2.05) is 149 Å². The lowest BCUT2D eigenvalue weighted by molar-refractivity contribution is -0.142. The summed E-state index contributed by atoms with van der Waals surface area (Å²) in [6.45, 7) is 7.93. The summed E-state index contributed by atoms with van der Waals surface area (Å²) < 4.78 is 0.980. The first kappa shape index (κ1) is 32.4. The zero-order valence-corrected chi connectivity index (χ0v) is 27.0. The summed E-state index contributed by atoms with van der Waals surface area (Å²) in [5.74, 6) is -2.24. The molecule has 0 saturated heterocycles. The second-order valence-electron chi connectivity index (χ2n) is 11.4. The van der Waals surface area contributed by atoms with Crippen LogP contribution in [-0.4, -0.2) is 22.2 Å². The molecule has 0 aliphatic carbocycles. The minimum absolute atomic E-state index is 0.391. The number of hydrogen-bond donors (Lipinski definition) is 2. The summed E-state index contributed by atoms with van der Waals surface area (Å²) in [7, 11) is 0. The third-order valence-electron chi connectivity index (χ3n) is 7.77. The normalized spacial score (nSPS) is 11.0. The molecule has 0 fully saturated rings. The number of benzene rings is 5. The van der Waals surface area contributed by atoms with Gasteiger partial charge in [0.15, 0.2) is 0 Å². The van der Waals surface area contributed by atoms with E-state index in [0.29, 0.717) is 6.42 Å². The number of carboxylic acids is 2. The molecule has 0 aromatic heterocycles. The molecule has 0 bridgehead atoms. The topological polar surface area (TPSA) is 74.6 Å². The Morgan fingerprint density at radius 3 is 1.39 bits per heavy atom. The highest BCUT2D eigenvalue weighted by Gasteiger charge is 2.42. The molecule has 44 heavy (non-hydrogen) atoms. The summed E-state index contributed by atoms with van der Waals surface area (Å²) in [6, 6.07) is 38.9. The zero-order valence-electron chi connectivity index (χ0n) is 25.4. The smallest absolute Gasteiger partial charge is 0.318 e. The van der Waals surface area contributed by atoms with Gasteiger partial charge in [-0.25, -0.2) is 0 Å². The van der Waals surface area contributed by atoms with E-state index in [0.717, 1.165) is 54.5 Å². The maximum atomic E-state index is 12.7. The van der Waals surface area contributed by atoms with Crippen molar-refractivity contribution in [3.63, 3.8) is 0 Å². The molecule has 0 atom stereocenters. The Balaban J connectivity index is 0.000000215. The lowest BCUT2D eigenvalue weighted by Crippen LogP contribution is -2.39. The molecular weight excluding hydrogens is 612 g/mol. The van der Waals surface area contributed by atoms with Gasteiger partial charge in [-0.05, 0) is 74.1 Å². The maximum absolute atomic E-state index is 12.7. The summed E-state index contributed by atoms with van der Waals surface area (Å²) in [6.07, 6.45) is 0.391. The largest absolute Gasteiger partial charge is 0.481 e. The van der Waals surface area contributed by atoms with Gasteiger partial charge in [-0.2, -0.15) is 0 Å². The summed E-state index contributed by atoms with van der Waals surface area (Å²) in [5.41, 5.74) is 7.37. The van der Waals surface area contributed by atoms with Gasteiger partial charge < -0.3 is 10.2 Å². The van der Waals surface area contributed by atoms with Crippen molar-refractivity contribution >= 4 is 27.9 Å². The number of rotatable bonds is 8. The van der Waals surface area contributed by atoms with Crippen molar-refractivity contribution < 1.29 is 19.8 Å². The van der Waals surface area contributed by atoms with Crippen molar-refractivity contribution in [3.8, 4) is 0 Å². The summed E-state index contributed by atoms with van der Waals surface area (Å²) in [4.78, 5) is 24.2. The summed E-state index contributed by atoms with van der Waals surface area (Å²) >= 11 is 3.45. The standard InChI is InChI=1S/C23H21BrO2.C16H16O2/c1-16-5-3-7-19(13-16)23(22(25)26,20-8-4-6-17(2)14-20)15-18-9-11-21(24)12-10-18;1-11-5-3-7-13(9-11)15(16(17)18)14-8-4-6-12(2)10-14/h3-14H,15H2,1-2H3,(H,25,26);3-10,15H,1-2H3,(H,17,18). The van der Waals surface area contributed by atoms with E-state index < -0.39 is 23.3 Å². The lowest BCUT2D eigenvalue weighted by atomic mass is 9.70. The van der Waals surface area contributed by atoms with E-state index in [1.54, 1.807) is 0 Å². The van der Waals surface area contributed by atoms with Gasteiger partial charge in [-0.1, -0.05) is 147 Å². The van der Waals surface area contributed by atoms with Gasteiger partial charge in [-0.15, -0.1) is 0 Å². The average Bonchev–Trinajstić information content (AvgIpc) is 2.97. The van der Waals surface area contributed by atoms with Crippen LogP contribution in [0.3, 0.4) is 0 Å². The number of aryl methyl sites for hydroxylation is 4. The van der Waals surface area contributed by atoms with Crippen LogP contribution in [0.1, 0.15) is 56.0 Å². The van der Waals surface area contributed by atoms with Gasteiger partial charge in [0.05, 0.1) is 0 Å². The van der Waals surface area contributed by atoms with Crippen LogP contribution in [0.2, 0.25) is 0 Å². The molecule has 4 nitrogen and oxygen atoms in total. The Kier molecular flexibility index (Phi) is 10.6. The zero-order chi connectivity index (χ0) is 31.9. The lowest BCUT2D eigenvalue weighted by Gasteiger charge is -2.31. The molecular formula is C39H37BrO4. The number of carboxylic acid groups (broad SMARTS) is 2. The molecule has 0 aliphatic rings. The Labute approximate surface area is 268 Å². The second kappa shape index (κ2) is 14.3. The van der Waals surface area contributed by atoms with Crippen LogP contribution in [0, 0.1) is 27.7 Å². The average molecular weight is 650 g/mol. The van der Waals surface area contributed by atoms with Crippen molar-refractivity contribution in [2.24, 2.45) is 0 Å². The molecule has 0 amide bonds. The van der Waals surface area contributed by atoms with Crippen LogP contribution >= 0.6 is 15.9 Å². The van der Waals surface area contributed by atoms with Crippen LogP contribution in [0.25, 0.3) is 0 Å². The molecule has 5 rings (SSSR count). The van der Waals surface area contributed by atoms with Gasteiger partial charge >= 0.3 is 11.9 Å².